The van der Waals surface area contributed by atoms with Gasteiger partial charge in [-0.15, -0.1) is 24.8 Å². The van der Waals surface area contributed by atoms with E-state index in [4.69, 9.17) is 0 Å². The highest BCUT2D eigenvalue weighted by atomic mass is 35.5. The van der Waals surface area contributed by atoms with Crippen LogP contribution in [-0.2, 0) is 6.54 Å². The molecule has 0 atom stereocenters. The summed E-state index contributed by atoms with van der Waals surface area (Å²) in [4.78, 5) is 12.3. The molecule has 1 N–H and O–H groups in total. The Hall–Kier alpha value is -0.950. The SMILES string of the molecule is Cl.Cl.O=[N+]([O-])c1cccc(F)c1CN1CCNCC1. The second-order valence-electron chi connectivity index (χ2n) is 4.02. The summed E-state index contributed by atoms with van der Waals surface area (Å²) in [6, 6.07) is 3.99. The largest absolute Gasteiger partial charge is 0.314 e. The Bertz CT molecular complexity index is 428. The van der Waals surface area contributed by atoms with Gasteiger partial charge in [0.1, 0.15) is 5.82 Å². The molecule has 1 heterocycles. The van der Waals surface area contributed by atoms with Crippen molar-refractivity contribution in [3.63, 3.8) is 0 Å². The Kier molecular flexibility index (Phi) is 7.85. The number of nitro groups is 1. The summed E-state index contributed by atoms with van der Waals surface area (Å²) in [5.41, 5.74) is 0.0444. The van der Waals surface area contributed by atoms with Crippen LogP contribution in [0.1, 0.15) is 5.56 Å². The number of nitro benzene ring substituents is 1. The van der Waals surface area contributed by atoms with Crippen molar-refractivity contribution in [2.24, 2.45) is 0 Å². The molecule has 0 aromatic heterocycles. The van der Waals surface area contributed by atoms with E-state index in [1.54, 1.807) is 0 Å². The minimum Gasteiger partial charge on any atom is -0.314 e. The molecule has 0 unspecified atom stereocenters. The van der Waals surface area contributed by atoms with Crippen molar-refractivity contribution in [3.05, 3.63) is 39.7 Å². The number of hydrogen-bond donors (Lipinski definition) is 1. The summed E-state index contributed by atoms with van der Waals surface area (Å²) in [6.07, 6.45) is 0. The Morgan fingerprint density at radius 1 is 1.32 bits per heavy atom. The molecule has 19 heavy (non-hydrogen) atoms. The second kappa shape index (κ2) is 8.27. The predicted octanol–water partition coefficient (Wildman–Crippen LogP) is 1.98. The zero-order chi connectivity index (χ0) is 12.3. The molecule has 0 saturated carbocycles. The van der Waals surface area contributed by atoms with Gasteiger partial charge in [-0.3, -0.25) is 15.0 Å². The van der Waals surface area contributed by atoms with Crippen LogP contribution in [0.3, 0.4) is 0 Å². The van der Waals surface area contributed by atoms with Crippen LogP contribution >= 0.6 is 24.8 Å². The van der Waals surface area contributed by atoms with E-state index in [2.05, 4.69) is 5.32 Å². The average molecular weight is 312 g/mol. The molecule has 1 fully saturated rings. The van der Waals surface area contributed by atoms with E-state index in [1.165, 1.54) is 18.2 Å². The number of rotatable bonds is 3. The normalized spacial score (nSPS) is 15.2. The Labute approximate surface area is 123 Å². The molecule has 0 spiro atoms. The smallest absolute Gasteiger partial charge is 0.276 e. The lowest BCUT2D eigenvalue weighted by atomic mass is 10.1. The molecular formula is C11H16Cl2FN3O2. The lowest BCUT2D eigenvalue weighted by Gasteiger charge is -2.27. The summed E-state index contributed by atoms with van der Waals surface area (Å²) < 4.78 is 13.6. The topological polar surface area (TPSA) is 58.4 Å². The number of hydrogen-bond acceptors (Lipinski definition) is 4. The molecule has 1 aromatic rings. The maximum absolute atomic E-state index is 13.6. The van der Waals surface area contributed by atoms with Gasteiger partial charge in [0.05, 0.1) is 10.5 Å². The fraction of sp³-hybridized carbons (Fsp3) is 0.455. The van der Waals surface area contributed by atoms with Gasteiger partial charge in [0.2, 0.25) is 0 Å². The first-order valence-electron chi connectivity index (χ1n) is 5.53. The van der Waals surface area contributed by atoms with Gasteiger partial charge in [-0.05, 0) is 6.07 Å². The van der Waals surface area contributed by atoms with Gasteiger partial charge >= 0.3 is 0 Å². The molecule has 1 aliphatic heterocycles. The molecule has 5 nitrogen and oxygen atoms in total. The summed E-state index contributed by atoms with van der Waals surface area (Å²) in [7, 11) is 0. The third kappa shape index (κ3) is 4.58. The molecule has 1 aromatic carbocycles. The molecule has 1 aliphatic rings. The van der Waals surface area contributed by atoms with Crippen molar-refractivity contribution in [1.82, 2.24) is 10.2 Å². The van der Waals surface area contributed by atoms with E-state index in [1.807, 2.05) is 4.90 Å². The highest BCUT2D eigenvalue weighted by molar-refractivity contribution is 5.85. The first-order chi connectivity index (χ1) is 8.18. The number of nitrogens with zero attached hydrogens (tertiary/aromatic N) is 2. The number of benzene rings is 1. The lowest BCUT2D eigenvalue weighted by Crippen LogP contribution is -2.43. The van der Waals surface area contributed by atoms with E-state index in [9.17, 15) is 14.5 Å². The van der Waals surface area contributed by atoms with Crippen molar-refractivity contribution in [1.29, 1.82) is 0 Å². The molecule has 0 radical (unpaired) electrons. The van der Waals surface area contributed by atoms with Crippen molar-refractivity contribution in [3.8, 4) is 0 Å². The van der Waals surface area contributed by atoms with Crippen LogP contribution in [0.2, 0.25) is 0 Å². The van der Waals surface area contributed by atoms with Crippen molar-refractivity contribution in [2.45, 2.75) is 6.54 Å². The highest BCUT2D eigenvalue weighted by Crippen LogP contribution is 2.22. The summed E-state index contributed by atoms with van der Waals surface area (Å²) in [5.74, 6) is -0.502. The molecule has 0 aliphatic carbocycles. The maximum atomic E-state index is 13.6. The summed E-state index contributed by atoms with van der Waals surface area (Å²) in [5, 5.41) is 14.0. The van der Waals surface area contributed by atoms with Crippen LogP contribution in [0, 0.1) is 15.9 Å². The van der Waals surface area contributed by atoms with Gasteiger partial charge in [-0.2, -0.15) is 0 Å². The maximum Gasteiger partial charge on any atom is 0.276 e. The Morgan fingerprint density at radius 3 is 2.53 bits per heavy atom. The average Bonchev–Trinajstić information content (AvgIpc) is 2.33. The monoisotopic (exact) mass is 311 g/mol. The standard InChI is InChI=1S/C11H14FN3O2.2ClH/c12-10-2-1-3-11(15(16)17)9(10)8-14-6-4-13-5-7-14;;/h1-3,13H,4-8H2;2*1H. The van der Waals surface area contributed by atoms with Gasteiger partial charge in [0.15, 0.2) is 0 Å². The quantitative estimate of drug-likeness (QED) is 0.685. The van der Waals surface area contributed by atoms with E-state index in [0.717, 1.165) is 26.2 Å². The fourth-order valence-corrected chi connectivity index (χ4v) is 1.97. The Morgan fingerprint density at radius 2 is 1.95 bits per heavy atom. The third-order valence-electron chi connectivity index (χ3n) is 2.88. The van der Waals surface area contributed by atoms with Gasteiger partial charge < -0.3 is 5.32 Å². The molecular weight excluding hydrogens is 296 g/mol. The number of nitrogens with one attached hydrogen (secondary N) is 1. The van der Waals surface area contributed by atoms with Gasteiger partial charge in [-0.1, -0.05) is 6.07 Å². The van der Waals surface area contributed by atoms with Crippen LogP contribution in [0.15, 0.2) is 18.2 Å². The third-order valence-corrected chi connectivity index (χ3v) is 2.88. The van der Waals surface area contributed by atoms with Crippen molar-refractivity contribution in [2.75, 3.05) is 26.2 Å². The van der Waals surface area contributed by atoms with E-state index in [-0.39, 0.29) is 36.1 Å². The lowest BCUT2D eigenvalue weighted by molar-refractivity contribution is -0.386. The summed E-state index contributed by atoms with van der Waals surface area (Å²) in [6.45, 7) is 3.53. The van der Waals surface area contributed by atoms with Crippen molar-refractivity contribution >= 4 is 30.5 Å². The second-order valence-corrected chi connectivity index (χ2v) is 4.02. The van der Waals surface area contributed by atoms with Crippen LogP contribution in [-0.4, -0.2) is 36.0 Å². The molecule has 8 heteroatoms. The Balaban J connectivity index is 0.00000162. The molecule has 1 saturated heterocycles. The van der Waals surface area contributed by atoms with Crippen LogP contribution < -0.4 is 5.32 Å². The minimum absolute atomic E-state index is 0. The van der Waals surface area contributed by atoms with Crippen molar-refractivity contribution < 1.29 is 9.31 Å². The fourth-order valence-electron chi connectivity index (χ4n) is 1.97. The molecule has 108 valence electrons. The van der Waals surface area contributed by atoms with Crippen LogP contribution in [0.5, 0.6) is 0 Å². The molecule has 0 bridgehead atoms. The van der Waals surface area contributed by atoms with Crippen LogP contribution in [0.4, 0.5) is 10.1 Å². The zero-order valence-corrected chi connectivity index (χ0v) is 11.8. The van der Waals surface area contributed by atoms with E-state index < -0.39 is 10.7 Å². The van der Waals surface area contributed by atoms with Gasteiger partial charge in [0, 0.05) is 38.8 Å². The zero-order valence-electron chi connectivity index (χ0n) is 10.2. The number of piperazine rings is 1. The first-order valence-corrected chi connectivity index (χ1v) is 5.53. The highest BCUT2D eigenvalue weighted by Gasteiger charge is 2.20. The molecule has 0 amide bonds. The van der Waals surface area contributed by atoms with E-state index >= 15 is 0 Å². The summed E-state index contributed by atoms with van der Waals surface area (Å²) >= 11 is 0. The van der Waals surface area contributed by atoms with Crippen LogP contribution in [0.25, 0.3) is 0 Å². The van der Waals surface area contributed by atoms with E-state index in [0.29, 0.717) is 6.54 Å². The molecule has 2 rings (SSSR count). The minimum atomic E-state index is -0.527. The first kappa shape index (κ1) is 18.0. The number of halogens is 3. The predicted molar refractivity (Wildman–Crippen MR) is 75.7 cm³/mol. The van der Waals surface area contributed by atoms with Gasteiger partial charge in [0.25, 0.3) is 5.69 Å². The van der Waals surface area contributed by atoms with Gasteiger partial charge in [-0.25, -0.2) is 4.39 Å².